The van der Waals surface area contributed by atoms with Crippen LogP contribution in [0.15, 0.2) is 54.9 Å². The summed E-state index contributed by atoms with van der Waals surface area (Å²) in [5.41, 5.74) is 5.02. The lowest BCUT2D eigenvalue weighted by atomic mass is 10.1. The van der Waals surface area contributed by atoms with Crippen LogP contribution in [0.2, 0.25) is 0 Å². The number of hydrogen-bond acceptors (Lipinski definition) is 1. The first-order chi connectivity index (χ1) is 9.86. The van der Waals surface area contributed by atoms with Crippen LogP contribution in [-0.4, -0.2) is 9.55 Å². The summed E-state index contributed by atoms with van der Waals surface area (Å²) < 4.78 is 2.22. The van der Waals surface area contributed by atoms with Crippen LogP contribution in [0.25, 0.3) is 11.0 Å². The largest absolute Gasteiger partial charge is 0.326 e. The monoisotopic (exact) mass is 264 g/mol. The maximum Gasteiger partial charge on any atom is 0.0961 e. The van der Waals surface area contributed by atoms with Crippen molar-refractivity contribution in [1.82, 2.24) is 9.55 Å². The Hall–Kier alpha value is -2.09. The standard InChI is InChI=1S/C18H20N2/c1-2-3-7-15-10-11-18-17(12-15)19-14-20(18)13-16-8-5-4-6-9-16/h4-6,8-12,14H,2-3,7,13H2,1H3. The summed E-state index contributed by atoms with van der Waals surface area (Å²) in [6.07, 6.45) is 5.58. The van der Waals surface area contributed by atoms with Crippen LogP contribution in [0, 0.1) is 0 Å². The molecule has 0 saturated carbocycles. The van der Waals surface area contributed by atoms with Gasteiger partial charge in [-0.25, -0.2) is 4.98 Å². The van der Waals surface area contributed by atoms with E-state index in [9.17, 15) is 0 Å². The van der Waals surface area contributed by atoms with Crippen LogP contribution in [0.4, 0.5) is 0 Å². The van der Waals surface area contributed by atoms with E-state index < -0.39 is 0 Å². The molecule has 0 bridgehead atoms. The maximum absolute atomic E-state index is 4.55. The second-order valence-electron chi connectivity index (χ2n) is 5.28. The topological polar surface area (TPSA) is 17.8 Å². The van der Waals surface area contributed by atoms with Gasteiger partial charge >= 0.3 is 0 Å². The third-order valence-electron chi connectivity index (χ3n) is 3.70. The Kier molecular flexibility index (Phi) is 3.82. The van der Waals surface area contributed by atoms with Crippen LogP contribution < -0.4 is 0 Å². The van der Waals surface area contributed by atoms with Crippen LogP contribution in [-0.2, 0) is 13.0 Å². The molecule has 0 atom stereocenters. The van der Waals surface area contributed by atoms with E-state index in [1.807, 2.05) is 6.33 Å². The quantitative estimate of drug-likeness (QED) is 0.666. The highest BCUT2D eigenvalue weighted by atomic mass is 15.0. The van der Waals surface area contributed by atoms with E-state index in [2.05, 4.69) is 65.0 Å². The highest BCUT2D eigenvalue weighted by Crippen LogP contribution is 2.17. The van der Waals surface area contributed by atoms with Crippen molar-refractivity contribution in [2.45, 2.75) is 32.7 Å². The number of hydrogen-bond donors (Lipinski definition) is 0. The molecule has 0 aliphatic rings. The minimum absolute atomic E-state index is 0.881. The molecule has 0 N–H and O–H groups in total. The fourth-order valence-corrected chi connectivity index (χ4v) is 2.55. The lowest BCUT2D eigenvalue weighted by molar-refractivity contribution is 0.795. The smallest absolute Gasteiger partial charge is 0.0961 e. The number of imidazole rings is 1. The lowest BCUT2D eigenvalue weighted by Gasteiger charge is -2.05. The molecule has 0 aliphatic carbocycles. The Morgan fingerprint density at radius 1 is 1.00 bits per heavy atom. The second-order valence-corrected chi connectivity index (χ2v) is 5.28. The summed E-state index contributed by atoms with van der Waals surface area (Å²) in [6.45, 7) is 3.11. The zero-order valence-corrected chi connectivity index (χ0v) is 11.9. The van der Waals surface area contributed by atoms with Gasteiger partial charge in [-0.2, -0.15) is 0 Å². The van der Waals surface area contributed by atoms with Gasteiger partial charge in [0.1, 0.15) is 0 Å². The molecule has 102 valence electrons. The number of fused-ring (bicyclic) bond motifs is 1. The van der Waals surface area contributed by atoms with Gasteiger partial charge in [-0.15, -0.1) is 0 Å². The van der Waals surface area contributed by atoms with Gasteiger partial charge in [0.25, 0.3) is 0 Å². The molecule has 2 nitrogen and oxygen atoms in total. The number of benzene rings is 2. The predicted octanol–water partition coefficient (Wildman–Crippen LogP) is 4.43. The van der Waals surface area contributed by atoms with E-state index in [1.54, 1.807) is 0 Å². The Bertz CT molecular complexity index is 683. The minimum Gasteiger partial charge on any atom is -0.326 e. The molecule has 1 heterocycles. The van der Waals surface area contributed by atoms with Gasteiger partial charge in [-0.05, 0) is 36.1 Å². The summed E-state index contributed by atoms with van der Waals surface area (Å²) in [7, 11) is 0. The fourth-order valence-electron chi connectivity index (χ4n) is 2.55. The molecule has 3 rings (SSSR count). The first-order valence-corrected chi connectivity index (χ1v) is 7.34. The van der Waals surface area contributed by atoms with Crippen molar-refractivity contribution in [3.8, 4) is 0 Å². The highest BCUT2D eigenvalue weighted by Gasteiger charge is 2.04. The van der Waals surface area contributed by atoms with Crippen molar-refractivity contribution in [3.05, 3.63) is 66.0 Å². The van der Waals surface area contributed by atoms with Crippen molar-refractivity contribution in [3.63, 3.8) is 0 Å². The zero-order valence-electron chi connectivity index (χ0n) is 11.9. The van der Waals surface area contributed by atoms with Crippen molar-refractivity contribution in [2.24, 2.45) is 0 Å². The molecule has 0 aliphatic heterocycles. The molecular weight excluding hydrogens is 244 g/mol. The number of aryl methyl sites for hydroxylation is 1. The van der Waals surface area contributed by atoms with Crippen molar-refractivity contribution in [1.29, 1.82) is 0 Å². The molecule has 0 amide bonds. The van der Waals surface area contributed by atoms with Crippen LogP contribution in [0.3, 0.4) is 0 Å². The van der Waals surface area contributed by atoms with Gasteiger partial charge in [-0.3, -0.25) is 0 Å². The molecular formula is C18H20N2. The van der Waals surface area contributed by atoms with Crippen LogP contribution in [0.5, 0.6) is 0 Å². The highest BCUT2D eigenvalue weighted by molar-refractivity contribution is 5.76. The molecule has 0 spiro atoms. The van der Waals surface area contributed by atoms with Gasteiger partial charge in [0.15, 0.2) is 0 Å². The fraction of sp³-hybridized carbons (Fsp3) is 0.278. The van der Waals surface area contributed by atoms with Crippen molar-refractivity contribution >= 4 is 11.0 Å². The lowest BCUT2D eigenvalue weighted by Crippen LogP contribution is -1.97. The van der Waals surface area contributed by atoms with E-state index >= 15 is 0 Å². The Morgan fingerprint density at radius 2 is 1.85 bits per heavy atom. The maximum atomic E-state index is 4.55. The number of nitrogens with zero attached hydrogens (tertiary/aromatic N) is 2. The van der Waals surface area contributed by atoms with Crippen LogP contribution >= 0.6 is 0 Å². The second kappa shape index (κ2) is 5.91. The third kappa shape index (κ3) is 2.74. The summed E-state index contributed by atoms with van der Waals surface area (Å²) in [6, 6.07) is 17.2. The molecule has 0 unspecified atom stereocenters. The predicted molar refractivity (Wildman–Crippen MR) is 83.9 cm³/mol. The number of aromatic nitrogens is 2. The molecule has 1 aromatic heterocycles. The summed E-state index contributed by atoms with van der Waals surface area (Å²) in [4.78, 5) is 4.55. The van der Waals surface area contributed by atoms with E-state index in [1.165, 1.54) is 29.5 Å². The Balaban J connectivity index is 1.86. The third-order valence-corrected chi connectivity index (χ3v) is 3.70. The van der Waals surface area contributed by atoms with Crippen LogP contribution in [0.1, 0.15) is 30.9 Å². The van der Waals surface area contributed by atoms with E-state index in [4.69, 9.17) is 0 Å². The molecule has 0 saturated heterocycles. The van der Waals surface area contributed by atoms with Gasteiger partial charge in [0.2, 0.25) is 0 Å². The van der Waals surface area contributed by atoms with E-state index in [0.29, 0.717) is 0 Å². The first-order valence-electron chi connectivity index (χ1n) is 7.34. The minimum atomic E-state index is 0.881. The Labute approximate surface area is 120 Å². The summed E-state index contributed by atoms with van der Waals surface area (Å²) >= 11 is 0. The molecule has 0 radical (unpaired) electrons. The molecule has 3 aromatic rings. The van der Waals surface area contributed by atoms with Gasteiger partial charge in [0, 0.05) is 6.54 Å². The van der Waals surface area contributed by atoms with E-state index in [0.717, 1.165) is 18.5 Å². The molecule has 2 aromatic carbocycles. The molecule has 20 heavy (non-hydrogen) atoms. The first kappa shape index (κ1) is 12.9. The van der Waals surface area contributed by atoms with Crippen molar-refractivity contribution in [2.75, 3.05) is 0 Å². The summed E-state index contributed by atoms with van der Waals surface area (Å²) in [5.74, 6) is 0. The number of rotatable bonds is 5. The zero-order chi connectivity index (χ0) is 13.8. The average molecular weight is 264 g/mol. The SMILES string of the molecule is CCCCc1ccc2c(c1)ncn2Cc1ccccc1. The van der Waals surface area contributed by atoms with Gasteiger partial charge in [0.05, 0.1) is 17.4 Å². The normalized spacial score (nSPS) is 11.1. The van der Waals surface area contributed by atoms with Crippen molar-refractivity contribution < 1.29 is 0 Å². The summed E-state index contributed by atoms with van der Waals surface area (Å²) in [5, 5.41) is 0. The van der Waals surface area contributed by atoms with Gasteiger partial charge in [-0.1, -0.05) is 49.7 Å². The molecule has 2 heteroatoms. The Morgan fingerprint density at radius 3 is 2.65 bits per heavy atom. The number of unbranched alkanes of at least 4 members (excludes halogenated alkanes) is 1. The van der Waals surface area contributed by atoms with E-state index in [-0.39, 0.29) is 0 Å². The molecule has 0 fully saturated rings. The average Bonchev–Trinajstić information content (AvgIpc) is 2.89. The van der Waals surface area contributed by atoms with Gasteiger partial charge < -0.3 is 4.57 Å².